The lowest BCUT2D eigenvalue weighted by Gasteiger charge is -2.13. The Bertz CT molecular complexity index is 1290. The highest BCUT2D eigenvalue weighted by molar-refractivity contribution is 5.86. The molecule has 7 heteroatoms. The zero-order chi connectivity index (χ0) is 21.3. The van der Waals surface area contributed by atoms with Gasteiger partial charge in [-0.2, -0.15) is 0 Å². The smallest absolute Gasteiger partial charge is 0.180 e. The van der Waals surface area contributed by atoms with Crippen LogP contribution in [0.4, 0.5) is 11.5 Å². The molecule has 7 nitrogen and oxygen atoms in total. The monoisotopic (exact) mass is 425 g/mol. The van der Waals surface area contributed by atoms with Crippen molar-refractivity contribution in [3.63, 3.8) is 0 Å². The van der Waals surface area contributed by atoms with Crippen molar-refractivity contribution in [2.45, 2.75) is 25.5 Å². The fourth-order valence-electron chi connectivity index (χ4n) is 4.16. The number of aliphatic imine (C=N–C) groups is 1. The summed E-state index contributed by atoms with van der Waals surface area (Å²) in [6.45, 7) is 2.16. The summed E-state index contributed by atoms with van der Waals surface area (Å²) >= 11 is 0. The van der Waals surface area contributed by atoms with Crippen LogP contribution in [0.3, 0.4) is 0 Å². The Morgan fingerprint density at radius 2 is 2.09 bits per heavy atom. The van der Waals surface area contributed by atoms with Gasteiger partial charge >= 0.3 is 0 Å². The third kappa shape index (κ3) is 3.71. The molecule has 6 rings (SSSR count). The summed E-state index contributed by atoms with van der Waals surface area (Å²) in [7, 11) is 0. The minimum absolute atomic E-state index is 0.208. The van der Waals surface area contributed by atoms with Crippen molar-refractivity contribution in [2.24, 2.45) is 4.99 Å². The number of aromatic nitrogens is 3. The van der Waals surface area contributed by atoms with Crippen LogP contribution in [0.2, 0.25) is 0 Å². The van der Waals surface area contributed by atoms with Crippen LogP contribution in [0, 0.1) is 0 Å². The van der Waals surface area contributed by atoms with Crippen molar-refractivity contribution in [2.75, 3.05) is 18.5 Å². The zero-order valence-corrected chi connectivity index (χ0v) is 17.6. The van der Waals surface area contributed by atoms with Crippen LogP contribution in [0.15, 0.2) is 66.0 Å². The fourth-order valence-corrected chi connectivity index (χ4v) is 4.16. The van der Waals surface area contributed by atoms with Crippen molar-refractivity contribution in [1.82, 2.24) is 14.4 Å². The zero-order valence-electron chi connectivity index (χ0n) is 17.6. The van der Waals surface area contributed by atoms with Gasteiger partial charge < -0.3 is 19.2 Å². The van der Waals surface area contributed by atoms with Gasteiger partial charge in [0.05, 0.1) is 18.3 Å². The Morgan fingerprint density at radius 1 is 1.16 bits per heavy atom. The molecule has 1 atom stereocenters. The summed E-state index contributed by atoms with van der Waals surface area (Å²) in [5.74, 6) is 1.54. The molecule has 4 heterocycles. The Balaban J connectivity index is 1.24. The summed E-state index contributed by atoms with van der Waals surface area (Å²) in [4.78, 5) is 13.7. The van der Waals surface area contributed by atoms with Gasteiger partial charge in [-0.1, -0.05) is 12.1 Å². The van der Waals surface area contributed by atoms with Gasteiger partial charge in [-0.3, -0.25) is 4.99 Å². The molecule has 160 valence electrons. The molecule has 2 aliphatic heterocycles. The highest BCUT2D eigenvalue weighted by Crippen LogP contribution is 2.28. The van der Waals surface area contributed by atoms with Crippen LogP contribution >= 0.6 is 0 Å². The molecule has 0 bridgehead atoms. The highest BCUT2D eigenvalue weighted by atomic mass is 16.5. The topological polar surface area (TPSA) is 73.0 Å². The number of fused-ring (bicyclic) bond motifs is 2. The van der Waals surface area contributed by atoms with Gasteiger partial charge in [-0.05, 0) is 54.3 Å². The molecule has 1 N–H and O–H groups in total. The van der Waals surface area contributed by atoms with Crippen molar-refractivity contribution in [1.29, 1.82) is 0 Å². The SMILES string of the molecule is C1=NCc2cc(-c3cn4ccnc4c(Nc4ccc(OC[C@H]5CCCO5)cc4)n3)ccc21. The second kappa shape index (κ2) is 8.09. The van der Waals surface area contributed by atoms with Crippen molar-refractivity contribution in [3.8, 4) is 17.0 Å². The van der Waals surface area contributed by atoms with Gasteiger partial charge in [0.15, 0.2) is 11.5 Å². The van der Waals surface area contributed by atoms with Crippen LogP contribution in [-0.2, 0) is 11.3 Å². The quantitative estimate of drug-likeness (QED) is 0.488. The number of hydrogen-bond acceptors (Lipinski definition) is 6. The lowest BCUT2D eigenvalue weighted by atomic mass is 10.0. The van der Waals surface area contributed by atoms with E-state index in [2.05, 4.69) is 33.5 Å². The van der Waals surface area contributed by atoms with Crippen molar-refractivity contribution < 1.29 is 9.47 Å². The largest absolute Gasteiger partial charge is 0.491 e. The molecule has 0 saturated carbocycles. The molecule has 1 saturated heterocycles. The number of anilines is 2. The lowest BCUT2D eigenvalue weighted by molar-refractivity contribution is 0.0679. The molecule has 0 spiro atoms. The van der Waals surface area contributed by atoms with E-state index in [1.807, 2.05) is 47.3 Å². The van der Waals surface area contributed by atoms with Gasteiger partial charge in [0.2, 0.25) is 0 Å². The average molecular weight is 425 g/mol. The second-order valence-corrected chi connectivity index (χ2v) is 8.11. The lowest BCUT2D eigenvalue weighted by Crippen LogP contribution is -2.16. The predicted molar refractivity (Wildman–Crippen MR) is 124 cm³/mol. The van der Waals surface area contributed by atoms with E-state index < -0.39 is 0 Å². The minimum atomic E-state index is 0.208. The van der Waals surface area contributed by atoms with Gasteiger partial charge in [0.1, 0.15) is 12.4 Å². The summed E-state index contributed by atoms with van der Waals surface area (Å²) < 4.78 is 13.5. The van der Waals surface area contributed by atoms with E-state index in [1.165, 1.54) is 11.1 Å². The molecule has 4 aromatic rings. The molecule has 0 amide bonds. The maximum Gasteiger partial charge on any atom is 0.180 e. The van der Waals surface area contributed by atoms with Crippen molar-refractivity contribution >= 4 is 23.4 Å². The van der Waals surface area contributed by atoms with E-state index in [0.717, 1.165) is 54.3 Å². The van der Waals surface area contributed by atoms with Gasteiger partial charge in [0.25, 0.3) is 0 Å². The number of benzene rings is 2. The molecule has 2 aromatic carbocycles. The molecule has 2 aromatic heterocycles. The maximum atomic E-state index is 5.87. The number of nitrogens with one attached hydrogen (secondary N) is 1. The molecule has 1 fully saturated rings. The van der Waals surface area contributed by atoms with Crippen LogP contribution in [0.25, 0.3) is 16.9 Å². The van der Waals surface area contributed by atoms with E-state index in [-0.39, 0.29) is 6.10 Å². The number of nitrogens with zero attached hydrogens (tertiary/aromatic N) is 4. The molecular weight excluding hydrogens is 402 g/mol. The minimum Gasteiger partial charge on any atom is -0.491 e. The average Bonchev–Trinajstić information content (AvgIpc) is 3.59. The Labute approximate surface area is 185 Å². The number of imidazole rings is 1. The number of ether oxygens (including phenoxy) is 2. The van der Waals surface area contributed by atoms with Gasteiger partial charge in [0, 0.05) is 42.7 Å². The van der Waals surface area contributed by atoms with E-state index in [0.29, 0.717) is 12.4 Å². The molecular formula is C25H23N5O2. The van der Waals surface area contributed by atoms with Gasteiger partial charge in [-0.25, -0.2) is 9.97 Å². The van der Waals surface area contributed by atoms with E-state index >= 15 is 0 Å². The molecule has 32 heavy (non-hydrogen) atoms. The Kier molecular flexibility index (Phi) is 4.81. The first-order chi connectivity index (χ1) is 15.8. The summed E-state index contributed by atoms with van der Waals surface area (Å²) in [6, 6.07) is 14.3. The molecule has 2 aliphatic rings. The maximum absolute atomic E-state index is 5.87. The first-order valence-corrected chi connectivity index (χ1v) is 10.9. The first kappa shape index (κ1) is 19.0. The van der Waals surface area contributed by atoms with E-state index in [1.54, 1.807) is 6.20 Å². The van der Waals surface area contributed by atoms with E-state index in [9.17, 15) is 0 Å². The Hall–Kier alpha value is -3.71. The van der Waals surface area contributed by atoms with Crippen LogP contribution in [-0.4, -0.2) is 39.9 Å². The fraction of sp³-hybridized carbons (Fsp3) is 0.240. The summed E-state index contributed by atoms with van der Waals surface area (Å²) in [6.07, 6.45) is 10.0. The molecule has 0 unspecified atom stereocenters. The number of rotatable bonds is 6. The summed E-state index contributed by atoms with van der Waals surface area (Å²) in [5, 5.41) is 3.42. The first-order valence-electron chi connectivity index (χ1n) is 10.9. The van der Waals surface area contributed by atoms with Gasteiger partial charge in [-0.15, -0.1) is 0 Å². The third-order valence-corrected chi connectivity index (χ3v) is 5.88. The van der Waals surface area contributed by atoms with E-state index in [4.69, 9.17) is 14.5 Å². The normalized spacial score (nSPS) is 17.1. The summed E-state index contributed by atoms with van der Waals surface area (Å²) in [5.41, 5.74) is 6.04. The second-order valence-electron chi connectivity index (χ2n) is 8.11. The van der Waals surface area contributed by atoms with Crippen LogP contribution in [0.5, 0.6) is 5.75 Å². The highest BCUT2D eigenvalue weighted by Gasteiger charge is 2.16. The Morgan fingerprint density at radius 3 is 2.97 bits per heavy atom. The predicted octanol–water partition coefficient (Wildman–Crippen LogP) is 4.63. The molecule has 0 radical (unpaired) electrons. The molecule has 0 aliphatic carbocycles. The van der Waals surface area contributed by atoms with Crippen molar-refractivity contribution in [3.05, 3.63) is 72.2 Å². The van der Waals surface area contributed by atoms with Crippen LogP contribution < -0.4 is 10.1 Å². The third-order valence-electron chi connectivity index (χ3n) is 5.88. The van der Waals surface area contributed by atoms with Crippen LogP contribution in [0.1, 0.15) is 24.0 Å². The number of hydrogen-bond donors (Lipinski definition) is 1. The standard InChI is InChI=1S/C25H23N5O2/c1-2-22(31-11-1)16-32-21-7-5-20(6-8-21)28-24-25-27-9-10-30(25)15-23(29-24)17-3-4-18-13-26-14-19(18)12-17/h3-10,12-13,15,22H,1-2,11,14,16H2,(H,28,29)/t22-/m1/s1.